The van der Waals surface area contributed by atoms with Crippen molar-refractivity contribution in [2.45, 2.75) is 6.17 Å². The summed E-state index contributed by atoms with van der Waals surface area (Å²) in [6.45, 7) is 0.830. The molecule has 0 amide bonds. The second kappa shape index (κ2) is 4.81. The maximum absolute atomic E-state index is 4.66. The number of rotatable bonds is 2. The molecule has 3 aromatic rings. The van der Waals surface area contributed by atoms with Crippen molar-refractivity contribution < 1.29 is 0 Å². The smallest absolute Gasteiger partial charge is 0.126 e. The van der Waals surface area contributed by atoms with Crippen LogP contribution < -0.4 is 5.32 Å². The predicted molar refractivity (Wildman–Crippen MR) is 84.3 cm³/mol. The van der Waals surface area contributed by atoms with Gasteiger partial charge in [0.25, 0.3) is 0 Å². The molecule has 1 N–H and O–H groups in total. The summed E-state index contributed by atoms with van der Waals surface area (Å²) in [5.74, 6) is 0. The molecule has 3 nitrogen and oxygen atoms in total. The minimum atomic E-state index is 0.0478. The molecule has 4 heteroatoms. The number of nitrogens with one attached hydrogen (secondary N) is 1. The van der Waals surface area contributed by atoms with E-state index in [4.69, 9.17) is 0 Å². The van der Waals surface area contributed by atoms with Gasteiger partial charge >= 0.3 is 0 Å². The van der Waals surface area contributed by atoms with Gasteiger partial charge in [0.2, 0.25) is 0 Å². The standard InChI is InChI=1S/C16H13N3S/c1-2-6-12(16-17-9-10-18-16)11(5-1)15-13-7-3-4-8-14(13)20-19-15/h1-9,16,18H,10H2. The van der Waals surface area contributed by atoms with E-state index in [1.807, 2.05) is 6.21 Å². The van der Waals surface area contributed by atoms with Crippen LogP contribution >= 0.6 is 11.5 Å². The molecule has 1 aromatic heterocycles. The Hall–Kier alpha value is -2.04. The molecule has 0 saturated heterocycles. The molecule has 2 aromatic carbocycles. The molecule has 4 rings (SSSR count). The number of hydrogen-bond acceptors (Lipinski definition) is 4. The lowest BCUT2D eigenvalue weighted by Crippen LogP contribution is -2.15. The van der Waals surface area contributed by atoms with E-state index in [0.29, 0.717) is 0 Å². The summed E-state index contributed by atoms with van der Waals surface area (Å²) in [7, 11) is 0. The molecule has 0 aliphatic carbocycles. The second-order valence-electron chi connectivity index (χ2n) is 4.76. The van der Waals surface area contributed by atoms with Gasteiger partial charge in [-0.25, -0.2) is 0 Å². The summed E-state index contributed by atoms with van der Waals surface area (Å²) >= 11 is 1.55. The number of benzene rings is 2. The SMILES string of the molecule is C1=NC(c2ccccc2-c2nsc3ccccc23)NC1. The van der Waals surface area contributed by atoms with E-state index in [0.717, 1.165) is 12.2 Å². The molecule has 1 unspecified atom stereocenters. The first kappa shape index (κ1) is 11.8. The first-order valence-electron chi connectivity index (χ1n) is 6.62. The van der Waals surface area contributed by atoms with Gasteiger partial charge in [-0.15, -0.1) is 0 Å². The van der Waals surface area contributed by atoms with Gasteiger partial charge in [0, 0.05) is 29.3 Å². The molecule has 20 heavy (non-hydrogen) atoms. The maximum Gasteiger partial charge on any atom is 0.126 e. The van der Waals surface area contributed by atoms with Gasteiger partial charge in [0.05, 0.1) is 10.4 Å². The van der Waals surface area contributed by atoms with Crippen molar-refractivity contribution in [3.8, 4) is 11.3 Å². The fourth-order valence-corrected chi connectivity index (χ4v) is 3.39. The summed E-state index contributed by atoms with van der Waals surface area (Å²) in [6.07, 6.45) is 1.98. The Balaban J connectivity index is 1.92. The van der Waals surface area contributed by atoms with Crippen molar-refractivity contribution in [1.29, 1.82) is 0 Å². The lowest BCUT2D eigenvalue weighted by molar-refractivity contribution is 0.645. The zero-order valence-electron chi connectivity index (χ0n) is 10.8. The van der Waals surface area contributed by atoms with Crippen molar-refractivity contribution in [2.75, 3.05) is 6.54 Å². The topological polar surface area (TPSA) is 37.3 Å². The molecule has 2 heterocycles. The van der Waals surface area contributed by atoms with Crippen LogP contribution in [-0.2, 0) is 0 Å². The summed E-state index contributed by atoms with van der Waals surface area (Å²) < 4.78 is 5.88. The number of aromatic nitrogens is 1. The minimum absolute atomic E-state index is 0.0478. The molecule has 1 atom stereocenters. The summed E-state index contributed by atoms with van der Waals surface area (Å²) in [5, 5.41) is 4.59. The fraction of sp³-hybridized carbons (Fsp3) is 0.125. The number of aliphatic imine (C=N–C) groups is 1. The average molecular weight is 279 g/mol. The van der Waals surface area contributed by atoms with Crippen molar-refractivity contribution >= 4 is 27.8 Å². The monoisotopic (exact) mass is 279 g/mol. The van der Waals surface area contributed by atoms with Gasteiger partial charge in [-0.05, 0) is 17.6 Å². The van der Waals surface area contributed by atoms with Crippen molar-refractivity contribution in [2.24, 2.45) is 4.99 Å². The lowest BCUT2D eigenvalue weighted by atomic mass is 10.00. The molecule has 1 aliphatic heterocycles. The maximum atomic E-state index is 4.66. The second-order valence-corrected chi connectivity index (χ2v) is 5.56. The Kier molecular flexibility index (Phi) is 2.83. The van der Waals surface area contributed by atoms with Crippen LogP contribution in [0.5, 0.6) is 0 Å². The first-order chi connectivity index (χ1) is 9.93. The molecular formula is C16H13N3S. The Bertz CT molecular complexity index is 791. The summed E-state index contributed by atoms with van der Waals surface area (Å²) in [5.41, 5.74) is 3.42. The normalized spacial score (nSPS) is 17.9. The molecule has 0 saturated carbocycles. The van der Waals surface area contributed by atoms with Crippen molar-refractivity contribution in [3.05, 3.63) is 54.1 Å². The molecule has 1 aliphatic rings. The van der Waals surface area contributed by atoms with Crippen molar-refractivity contribution in [3.63, 3.8) is 0 Å². The summed E-state index contributed by atoms with van der Waals surface area (Å²) in [6, 6.07) is 16.7. The van der Waals surface area contributed by atoms with Gasteiger partial charge in [-0.1, -0.05) is 42.5 Å². The van der Waals surface area contributed by atoms with E-state index in [-0.39, 0.29) is 6.17 Å². The third kappa shape index (κ3) is 1.85. The fourth-order valence-electron chi connectivity index (χ4n) is 2.60. The van der Waals surface area contributed by atoms with Crippen LogP contribution in [0.4, 0.5) is 0 Å². The third-order valence-electron chi connectivity index (χ3n) is 3.54. The van der Waals surface area contributed by atoms with E-state index < -0.39 is 0 Å². The van der Waals surface area contributed by atoms with Gasteiger partial charge in [0.15, 0.2) is 0 Å². The highest BCUT2D eigenvalue weighted by molar-refractivity contribution is 7.13. The van der Waals surface area contributed by atoms with E-state index in [1.54, 1.807) is 11.5 Å². The van der Waals surface area contributed by atoms with Crippen LogP contribution in [-0.4, -0.2) is 17.1 Å². The Morgan fingerprint density at radius 3 is 2.80 bits per heavy atom. The Labute approximate surface area is 121 Å². The molecule has 0 radical (unpaired) electrons. The largest absolute Gasteiger partial charge is 0.287 e. The highest BCUT2D eigenvalue weighted by Gasteiger charge is 2.19. The van der Waals surface area contributed by atoms with E-state index in [9.17, 15) is 0 Å². The molecule has 0 bridgehead atoms. The Morgan fingerprint density at radius 2 is 1.90 bits per heavy atom. The average Bonchev–Trinajstić information content (AvgIpc) is 3.17. The number of hydrogen-bond donors (Lipinski definition) is 1. The molecular weight excluding hydrogens is 266 g/mol. The van der Waals surface area contributed by atoms with Crippen molar-refractivity contribution in [1.82, 2.24) is 9.69 Å². The summed E-state index contributed by atoms with van der Waals surface area (Å²) in [4.78, 5) is 4.50. The highest BCUT2D eigenvalue weighted by atomic mass is 32.1. The Morgan fingerprint density at radius 1 is 1.05 bits per heavy atom. The predicted octanol–water partition coefficient (Wildman–Crippen LogP) is 3.64. The van der Waals surface area contributed by atoms with Crippen LogP contribution in [0.2, 0.25) is 0 Å². The van der Waals surface area contributed by atoms with Crippen LogP contribution in [0.3, 0.4) is 0 Å². The van der Waals surface area contributed by atoms with Gasteiger partial charge in [-0.3, -0.25) is 10.3 Å². The first-order valence-corrected chi connectivity index (χ1v) is 7.39. The highest BCUT2D eigenvalue weighted by Crippen LogP contribution is 2.35. The zero-order chi connectivity index (χ0) is 13.4. The number of fused-ring (bicyclic) bond motifs is 1. The van der Waals surface area contributed by atoms with Gasteiger partial charge in [-0.2, -0.15) is 4.37 Å². The minimum Gasteiger partial charge on any atom is -0.287 e. The van der Waals surface area contributed by atoms with Gasteiger partial charge in [0.1, 0.15) is 6.17 Å². The van der Waals surface area contributed by atoms with Crippen LogP contribution in [0.15, 0.2) is 53.5 Å². The molecule has 0 fully saturated rings. The van der Waals surface area contributed by atoms with Crippen LogP contribution in [0.1, 0.15) is 11.7 Å². The van der Waals surface area contributed by atoms with E-state index in [2.05, 4.69) is 63.2 Å². The van der Waals surface area contributed by atoms with Crippen LogP contribution in [0.25, 0.3) is 21.3 Å². The van der Waals surface area contributed by atoms with Crippen LogP contribution in [0, 0.1) is 0 Å². The zero-order valence-corrected chi connectivity index (χ0v) is 11.6. The number of nitrogens with zero attached hydrogens (tertiary/aromatic N) is 2. The molecule has 0 spiro atoms. The molecule has 98 valence electrons. The quantitative estimate of drug-likeness (QED) is 0.777. The van der Waals surface area contributed by atoms with Gasteiger partial charge < -0.3 is 0 Å². The third-order valence-corrected chi connectivity index (χ3v) is 4.37. The lowest BCUT2D eigenvalue weighted by Gasteiger charge is -2.13. The van der Waals surface area contributed by atoms with E-state index >= 15 is 0 Å². The van der Waals surface area contributed by atoms with E-state index in [1.165, 1.54) is 21.2 Å².